The average molecular weight is 281 g/mol. The molecule has 0 fully saturated rings. The van der Waals surface area contributed by atoms with Gasteiger partial charge in [-0.05, 0) is 39.5 Å². The molecule has 0 saturated carbocycles. The lowest BCUT2D eigenvalue weighted by molar-refractivity contribution is -0.115. The highest BCUT2D eigenvalue weighted by Crippen LogP contribution is 2.27. The van der Waals surface area contributed by atoms with Gasteiger partial charge in [0.2, 0.25) is 5.91 Å². The second-order valence-electron chi connectivity index (χ2n) is 3.78. The zero-order valence-electron chi connectivity index (χ0n) is 9.25. The van der Waals surface area contributed by atoms with Crippen LogP contribution in [0.3, 0.4) is 0 Å². The van der Waals surface area contributed by atoms with E-state index in [1.54, 1.807) is 0 Å². The molecule has 16 heavy (non-hydrogen) atoms. The Morgan fingerprint density at radius 1 is 1.56 bits per heavy atom. The van der Waals surface area contributed by atoms with Gasteiger partial charge in [-0.2, -0.15) is 5.26 Å². The highest BCUT2D eigenvalue weighted by atomic mass is 79.9. The molecule has 3 nitrogen and oxygen atoms in total. The Labute approximate surface area is 104 Å². The lowest BCUT2D eigenvalue weighted by Crippen LogP contribution is -2.10. The summed E-state index contributed by atoms with van der Waals surface area (Å²) in [5.41, 5.74) is 1.90. The third-order valence-electron chi connectivity index (χ3n) is 2.17. The minimum atomic E-state index is -0.291. The van der Waals surface area contributed by atoms with E-state index in [0.29, 0.717) is 11.6 Å². The Morgan fingerprint density at radius 2 is 2.25 bits per heavy atom. The van der Waals surface area contributed by atoms with Gasteiger partial charge >= 0.3 is 0 Å². The molecule has 0 saturated heterocycles. The molecule has 0 heterocycles. The normalized spacial score (nSPS) is 9.94. The predicted octanol–water partition coefficient (Wildman–Crippen LogP) is 3.42. The van der Waals surface area contributed by atoms with Crippen LogP contribution in [0.2, 0.25) is 0 Å². The highest BCUT2D eigenvalue weighted by molar-refractivity contribution is 9.10. The molecule has 1 aromatic rings. The molecule has 4 heteroatoms. The van der Waals surface area contributed by atoms with E-state index in [9.17, 15) is 4.79 Å². The smallest absolute Gasteiger partial charge is 0.238 e. The summed E-state index contributed by atoms with van der Waals surface area (Å²) in [7, 11) is 0. The van der Waals surface area contributed by atoms with Crippen LogP contribution < -0.4 is 5.32 Å². The second-order valence-corrected chi connectivity index (χ2v) is 4.63. The Morgan fingerprint density at radius 3 is 2.75 bits per heavy atom. The van der Waals surface area contributed by atoms with Crippen molar-refractivity contribution in [2.75, 3.05) is 5.32 Å². The lowest BCUT2D eigenvalue weighted by atomic mass is 10.0. The monoisotopic (exact) mass is 280 g/mol. The van der Waals surface area contributed by atoms with E-state index in [-0.39, 0.29) is 12.3 Å². The third kappa shape index (κ3) is 3.35. The Balaban J connectivity index is 2.84. The molecule has 0 spiro atoms. The van der Waals surface area contributed by atoms with Crippen LogP contribution in [0.15, 0.2) is 22.7 Å². The van der Waals surface area contributed by atoms with Gasteiger partial charge in [0.15, 0.2) is 0 Å². The van der Waals surface area contributed by atoms with E-state index in [1.165, 1.54) is 5.56 Å². The number of carbonyl (C=O) groups excluding carboxylic acids is 1. The molecule has 0 radical (unpaired) electrons. The quantitative estimate of drug-likeness (QED) is 0.922. The number of amides is 1. The van der Waals surface area contributed by atoms with Crippen molar-refractivity contribution in [3.05, 3.63) is 28.2 Å². The maximum Gasteiger partial charge on any atom is 0.238 e. The van der Waals surface area contributed by atoms with E-state index in [0.717, 1.165) is 4.47 Å². The van der Waals surface area contributed by atoms with Crippen LogP contribution in [0.4, 0.5) is 5.69 Å². The van der Waals surface area contributed by atoms with E-state index in [4.69, 9.17) is 5.26 Å². The van der Waals surface area contributed by atoms with Crippen molar-refractivity contribution < 1.29 is 4.79 Å². The second kappa shape index (κ2) is 5.66. The van der Waals surface area contributed by atoms with Crippen molar-refractivity contribution in [2.45, 2.75) is 26.2 Å². The van der Waals surface area contributed by atoms with Crippen LogP contribution >= 0.6 is 15.9 Å². The van der Waals surface area contributed by atoms with Gasteiger partial charge in [0.25, 0.3) is 0 Å². The van der Waals surface area contributed by atoms with Gasteiger partial charge in [-0.3, -0.25) is 4.79 Å². The molecule has 0 bridgehead atoms. The molecule has 0 aromatic heterocycles. The van der Waals surface area contributed by atoms with Crippen LogP contribution in [0, 0.1) is 11.3 Å². The minimum absolute atomic E-state index is 0.127. The van der Waals surface area contributed by atoms with E-state index >= 15 is 0 Å². The molecule has 1 rings (SSSR count). The molecule has 0 aliphatic carbocycles. The number of halogens is 1. The summed E-state index contributed by atoms with van der Waals surface area (Å²) in [5.74, 6) is 0.153. The van der Waals surface area contributed by atoms with Gasteiger partial charge in [0.1, 0.15) is 6.42 Å². The summed E-state index contributed by atoms with van der Waals surface area (Å²) in [6.45, 7) is 4.21. The van der Waals surface area contributed by atoms with Gasteiger partial charge in [-0.1, -0.05) is 19.9 Å². The number of rotatable bonds is 3. The number of hydrogen-bond donors (Lipinski definition) is 1. The summed E-state index contributed by atoms with van der Waals surface area (Å²) in [5, 5.41) is 11.0. The molecule has 0 unspecified atom stereocenters. The molecular weight excluding hydrogens is 268 g/mol. The number of nitrogens with zero attached hydrogens (tertiary/aromatic N) is 1. The van der Waals surface area contributed by atoms with Crippen LogP contribution in [-0.4, -0.2) is 5.91 Å². The Hall–Kier alpha value is -1.34. The van der Waals surface area contributed by atoms with E-state index < -0.39 is 0 Å². The first-order valence-electron chi connectivity index (χ1n) is 5.01. The first kappa shape index (κ1) is 12.7. The molecule has 0 aliphatic heterocycles. The summed E-state index contributed by atoms with van der Waals surface area (Å²) < 4.78 is 0.838. The highest BCUT2D eigenvalue weighted by Gasteiger charge is 2.07. The fraction of sp³-hybridized carbons (Fsp3) is 0.333. The summed E-state index contributed by atoms with van der Waals surface area (Å²) in [6, 6.07) is 7.60. The first-order valence-corrected chi connectivity index (χ1v) is 5.80. The lowest BCUT2D eigenvalue weighted by Gasteiger charge is -2.10. The van der Waals surface area contributed by atoms with Crippen molar-refractivity contribution in [2.24, 2.45) is 0 Å². The molecule has 0 aliphatic rings. The van der Waals surface area contributed by atoms with Crippen LogP contribution in [-0.2, 0) is 4.79 Å². The number of nitriles is 1. The fourth-order valence-electron chi connectivity index (χ4n) is 1.26. The van der Waals surface area contributed by atoms with Crippen molar-refractivity contribution >= 4 is 27.5 Å². The van der Waals surface area contributed by atoms with Gasteiger partial charge in [0.05, 0.1) is 11.8 Å². The van der Waals surface area contributed by atoms with Crippen molar-refractivity contribution in [1.29, 1.82) is 5.26 Å². The van der Waals surface area contributed by atoms with Gasteiger partial charge in [-0.25, -0.2) is 0 Å². The SMILES string of the molecule is CC(C)c1ccc(NC(=O)CC#N)c(Br)c1. The minimum Gasteiger partial charge on any atom is -0.324 e. The number of carbonyl (C=O) groups is 1. The van der Waals surface area contributed by atoms with E-state index in [2.05, 4.69) is 35.1 Å². The summed E-state index contributed by atoms with van der Waals surface area (Å²) >= 11 is 3.40. The molecule has 1 amide bonds. The third-order valence-corrected chi connectivity index (χ3v) is 2.83. The number of nitrogens with one attached hydrogen (secondary N) is 1. The van der Waals surface area contributed by atoms with Crippen molar-refractivity contribution in [3.63, 3.8) is 0 Å². The maximum atomic E-state index is 11.2. The first-order chi connectivity index (χ1) is 7.54. The van der Waals surface area contributed by atoms with E-state index in [1.807, 2.05) is 24.3 Å². The van der Waals surface area contributed by atoms with Gasteiger partial charge in [-0.15, -0.1) is 0 Å². The average Bonchev–Trinajstić information content (AvgIpc) is 2.21. The van der Waals surface area contributed by atoms with Crippen molar-refractivity contribution in [3.8, 4) is 6.07 Å². The molecule has 1 N–H and O–H groups in total. The number of hydrogen-bond acceptors (Lipinski definition) is 2. The fourth-order valence-corrected chi connectivity index (χ4v) is 1.75. The number of benzene rings is 1. The zero-order valence-corrected chi connectivity index (χ0v) is 10.8. The van der Waals surface area contributed by atoms with Gasteiger partial charge < -0.3 is 5.32 Å². The molecule has 1 aromatic carbocycles. The zero-order chi connectivity index (χ0) is 12.1. The summed E-state index contributed by atoms with van der Waals surface area (Å²) in [6.07, 6.45) is -0.127. The summed E-state index contributed by atoms with van der Waals surface area (Å²) in [4.78, 5) is 11.2. The van der Waals surface area contributed by atoms with Crippen LogP contribution in [0.25, 0.3) is 0 Å². The Bertz CT molecular complexity index is 435. The number of anilines is 1. The largest absolute Gasteiger partial charge is 0.324 e. The standard InChI is InChI=1S/C12H13BrN2O/c1-8(2)9-3-4-11(10(13)7-9)15-12(16)5-6-14/h3-4,7-8H,5H2,1-2H3,(H,15,16). The topological polar surface area (TPSA) is 52.9 Å². The molecular formula is C12H13BrN2O. The predicted molar refractivity (Wildman–Crippen MR) is 67.1 cm³/mol. The van der Waals surface area contributed by atoms with Gasteiger partial charge in [0, 0.05) is 4.47 Å². The molecule has 84 valence electrons. The van der Waals surface area contributed by atoms with Crippen LogP contribution in [0.5, 0.6) is 0 Å². The Kier molecular flexibility index (Phi) is 4.51. The van der Waals surface area contributed by atoms with Crippen molar-refractivity contribution in [1.82, 2.24) is 0 Å². The van der Waals surface area contributed by atoms with Crippen LogP contribution in [0.1, 0.15) is 31.7 Å². The molecule has 0 atom stereocenters. The maximum absolute atomic E-state index is 11.2.